The molecule has 26 heavy (non-hydrogen) atoms. The van der Waals surface area contributed by atoms with Crippen LogP contribution >= 0.6 is 0 Å². The van der Waals surface area contributed by atoms with Gasteiger partial charge in [0.2, 0.25) is 0 Å². The number of rotatable bonds is 2. The zero-order valence-electron chi connectivity index (χ0n) is 20.5. The highest BCUT2D eigenvalue weighted by Crippen LogP contribution is 2.27. The maximum absolute atomic E-state index is 2.25. The average Bonchev–Trinajstić information content (AvgIpc) is 2.37. The van der Waals surface area contributed by atoms with Crippen molar-refractivity contribution in [3.8, 4) is 0 Å². The molecule has 0 nitrogen and oxygen atoms in total. The van der Waals surface area contributed by atoms with Gasteiger partial charge in [-0.2, -0.15) is 0 Å². The molecule has 0 rings (SSSR count). The molecule has 0 bridgehead atoms. The predicted molar refractivity (Wildman–Crippen MR) is 124 cm³/mol. The van der Waals surface area contributed by atoms with Gasteiger partial charge >= 0.3 is 0 Å². The van der Waals surface area contributed by atoms with Crippen molar-refractivity contribution in [1.82, 2.24) is 0 Å². The van der Waals surface area contributed by atoms with Crippen LogP contribution in [-0.4, -0.2) is 0 Å². The van der Waals surface area contributed by atoms with E-state index < -0.39 is 0 Å². The molecule has 0 spiro atoms. The van der Waals surface area contributed by atoms with Crippen molar-refractivity contribution in [2.45, 2.75) is 96.9 Å². The van der Waals surface area contributed by atoms with E-state index in [1.54, 1.807) is 0 Å². The lowest BCUT2D eigenvalue weighted by atomic mass is 9.85. The second-order valence-electron chi connectivity index (χ2n) is 11.6. The van der Waals surface area contributed by atoms with Gasteiger partial charge in [0.1, 0.15) is 0 Å². The van der Waals surface area contributed by atoms with E-state index in [0.717, 1.165) is 0 Å². The Bertz CT molecular complexity index is 456. The highest BCUT2D eigenvalue weighted by atomic mass is 14.2. The standard InChI is InChI=1S/C14H26.C12H22/c1-11(13(3,4)5)9-10-12(2)14(6,7)8;1-11(2,3)9-7-8-10-12(4,5)6/h9-10H,1-8H3;7-10H,1-6H3/b11-9-,12-10-;9-7-,10-8-. The Labute approximate surface area is 166 Å². The van der Waals surface area contributed by atoms with Crippen LogP contribution in [0.2, 0.25) is 0 Å². The molecule has 152 valence electrons. The van der Waals surface area contributed by atoms with E-state index in [4.69, 9.17) is 0 Å². The van der Waals surface area contributed by atoms with E-state index in [-0.39, 0.29) is 10.8 Å². The minimum atomic E-state index is 0.286. The SMILES string of the molecule is C/C(=C/C=C(/C)C(C)(C)C)C(C)(C)C.CC(C)(C)/C=C\C=C/C(C)(C)C. The number of hydrogen-bond acceptors (Lipinski definition) is 0. The van der Waals surface area contributed by atoms with Crippen molar-refractivity contribution in [1.29, 1.82) is 0 Å². The zero-order valence-corrected chi connectivity index (χ0v) is 20.5. The summed E-state index contributed by atoms with van der Waals surface area (Å²) in [6.07, 6.45) is 13.2. The summed E-state index contributed by atoms with van der Waals surface area (Å²) >= 11 is 0. The minimum Gasteiger partial charge on any atom is -0.0791 e. The third kappa shape index (κ3) is 17.8. The Kier molecular flexibility index (Phi) is 10.8. The average molecular weight is 361 g/mol. The van der Waals surface area contributed by atoms with E-state index >= 15 is 0 Å². The van der Waals surface area contributed by atoms with Gasteiger partial charge in [-0.25, -0.2) is 0 Å². The van der Waals surface area contributed by atoms with Gasteiger partial charge in [0.15, 0.2) is 0 Å². The first-order valence-electron chi connectivity index (χ1n) is 9.99. The maximum atomic E-state index is 2.25. The molecular weight excluding hydrogens is 312 g/mol. The largest absolute Gasteiger partial charge is 0.0791 e. The number of allylic oxidation sites excluding steroid dienone is 8. The van der Waals surface area contributed by atoms with Crippen LogP contribution in [0.5, 0.6) is 0 Å². The first-order valence-corrected chi connectivity index (χ1v) is 9.99. The second kappa shape index (κ2) is 10.3. The van der Waals surface area contributed by atoms with Crippen LogP contribution in [0, 0.1) is 21.7 Å². The van der Waals surface area contributed by atoms with E-state index in [9.17, 15) is 0 Å². The van der Waals surface area contributed by atoms with Crippen molar-refractivity contribution in [2.24, 2.45) is 21.7 Å². The van der Waals surface area contributed by atoms with Crippen molar-refractivity contribution >= 4 is 0 Å². The van der Waals surface area contributed by atoms with Gasteiger partial charge < -0.3 is 0 Å². The first-order chi connectivity index (χ1) is 11.3. The quantitative estimate of drug-likeness (QED) is 0.430. The zero-order chi connectivity index (χ0) is 21.4. The molecule has 0 aliphatic carbocycles. The third-order valence-corrected chi connectivity index (χ3v) is 4.25. The smallest absolute Gasteiger partial charge is 0.0173 e. The molecule has 0 heterocycles. The molecule has 0 radical (unpaired) electrons. The summed E-state index contributed by atoms with van der Waals surface area (Å²) < 4.78 is 0. The summed E-state index contributed by atoms with van der Waals surface area (Å²) in [5.41, 5.74) is 4.02. The Balaban J connectivity index is 0. The summed E-state index contributed by atoms with van der Waals surface area (Å²) in [6, 6.07) is 0. The Morgan fingerprint density at radius 1 is 0.462 bits per heavy atom. The van der Waals surface area contributed by atoms with Gasteiger partial charge in [-0.1, -0.05) is 131 Å². The van der Waals surface area contributed by atoms with Crippen LogP contribution < -0.4 is 0 Å². The van der Waals surface area contributed by atoms with Crippen LogP contribution in [0.1, 0.15) is 96.9 Å². The fourth-order valence-electron chi connectivity index (χ4n) is 1.44. The van der Waals surface area contributed by atoms with Crippen LogP contribution in [0.25, 0.3) is 0 Å². The van der Waals surface area contributed by atoms with E-state index in [2.05, 4.69) is 133 Å². The summed E-state index contributed by atoms with van der Waals surface area (Å²) in [5, 5.41) is 0. The lowest BCUT2D eigenvalue weighted by molar-refractivity contribution is 0.498. The van der Waals surface area contributed by atoms with Crippen molar-refractivity contribution < 1.29 is 0 Å². The van der Waals surface area contributed by atoms with Crippen LogP contribution in [0.4, 0.5) is 0 Å². The second-order valence-corrected chi connectivity index (χ2v) is 11.6. The Morgan fingerprint density at radius 2 is 0.692 bits per heavy atom. The van der Waals surface area contributed by atoms with Crippen molar-refractivity contribution in [2.75, 3.05) is 0 Å². The molecule has 0 fully saturated rings. The highest BCUT2D eigenvalue weighted by molar-refractivity contribution is 5.21. The molecule has 0 saturated carbocycles. The van der Waals surface area contributed by atoms with Gasteiger partial charge in [0.25, 0.3) is 0 Å². The molecule has 0 unspecified atom stereocenters. The van der Waals surface area contributed by atoms with Gasteiger partial charge in [-0.15, -0.1) is 0 Å². The first kappa shape index (κ1) is 27.2. The van der Waals surface area contributed by atoms with Gasteiger partial charge in [0, 0.05) is 0 Å². The Morgan fingerprint density at radius 3 is 0.846 bits per heavy atom. The van der Waals surface area contributed by atoms with Crippen LogP contribution in [0.15, 0.2) is 47.6 Å². The van der Waals surface area contributed by atoms with Crippen molar-refractivity contribution in [3.63, 3.8) is 0 Å². The lowest BCUT2D eigenvalue weighted by Crippen LogP contribution is -2.08. The molecule has 0 heteroatoms. The van der Waals surface area contributed by atoms with Gasteiger partial charge in [0.05, 0.1) is 0 Å². The van der Waals surface area contributed by atoms with E-state index in [1.807, 2.05) is 0 Å². The summed E-state index contributed by atoms with van der Waals surface area (Å²) in [7, 11) is 0. The molecular formula is C26H48. The fraction of sp³-hybridized carbons (Fsp3) is 0.692. The molecule has 0 saturated heterocycles. The van der Waals surface area contributed by atoms with Crippen LogP contribution in [0.3, 0.4) is 0 Å². The molecule has 0 aromatic rings. The molecule has 0 aromatic heterocycles. The monoisotopic (exact) mass is 360 g/mol. The summed E-state index contributed by atoms with van der Waals surface area (Å²) in [4.78, 5) is 0. The molecule has 0 atom stereocenters. The van der Waals surface area contributed by atoms with Crippen LogP contribution in [-0.2, 0) is 0 Å². The van der Waals surface area contributed by atoms with Gasteiger partial charge in [-0.05, 0) is 35.5 Å². The van der Waals surface area contributed by atoms with Crippen molar-refractivity contribution in [3.05, 3.63) is 47.6 Å². The maximum Gasteiger partial charge on any atom is -0.0173 e. The van der Waals surface area contributed by atoms with E-state index in [1.165, 1.54) is 11.1 Å². The van der Waals surface area contributed by atoms with Gasteiger partial charge in [-0.3, -0.25) is 0 Å². The summed E-state index contributed by atoms with van der Waals surface area (Å²) in [5.74, 6) is 0. The normalized spacial score (nSPS) is 15.5. The number of hydrogen-bond donors (Lipinski definition) is 0. The predicted octanol–water partition coefficient (Wildman–Crippen LogP) is 9.16. The summed E-state index contributed by atoms with van der Waals surface area (Å²) in [6.45, 7) is 31.1. The van der Waals surface area contributed by atoms with E-state index in [0.29, 0.717) is 10.8 Å². The Hall–Kier alpha value is -1.04. The lowest BCUT2D eigenvalue weighted by Gasteiger charge is -2.21. The minimum absolute atomic E-state index is 0.286. The molecule has 0 aliphatic heterocycles. The topological polar surface area (TPSA) is 0 Å². The fourth-order valence-corrected chi connectivity index (χ4v) is 1.44. The molecule has 0 N–H and O–H groups in total. The molecule has 0 aromatic carbocycles. The third-order valence-electron chi connectivity index (χ3n) is 4.25. The highest BCUT2D eigenvalue weighted by Gasteiger charge is 2.13. The molecule has 0 amide bonds. The molecule has 0 aliphatic rings.